The van der Waals surface area contributed by atoms with E-state index in [0.717, 1.165) is 6.42 Å². The van der Waals surface area contributed by atoms with Gasteiger partial charge in [0.05, 0.1) is 12.0 Å². The lowest BCUT2D eigenvalue weighted by atomic mass is 10.1. The Labute approximate surface area is 146 Å². The first-order chi connectivity index (χ1) is 11.0. The molecule has 0 radical (unpaired) electrons. The normalized spacial score (nSPS) is 19.5. The number of benzene rings is 1. The molecule has 8 nitrogen and oxygen atoms in total. The second-order valence-corrected chi connectivity index (χ2v) is 5.61. The number of nitro groups is 1. The van der Waals surface area contributed by atoms with Gasteiger partial charge in [0.1, 0.15) is 5.75 Å². The predicted molar refractivity (Wildman–Crippen MR) is 90.7 cm³/mol. The molecular formula is C15H22ClN3O5. The van der Waals surface area contributed by atoms with Crippen molar-refractivity contribution in [3.63, 3.8) is 0 Å². The second kappa shape index (κ2) is 8.70. The minimum absolute atomic E-state index is 0. The number of nitrogens with zero attached hydrogens (tertiary/aromatic N) is 2. The van der Waals surface area contributed by atoms with Gasteiger partial charge in [0.15, 0.2) is 6.61 Å². The monoisotopic (exact) mass is 359 g/mol. The number of likely N-dealkylation sites (tertiary alicyclic amines) is 1. The summed E-state index contributed by atoms with van der Waals surface area (Å²) in [4.78, 5) is 24.3. The number of rotatable bonds is 6. The van der Waals surface area contributed by atoms with Crippen molar-refractivity contribution in [1.82, 2.24) is 4.90 Å². The fourth-order valence-electron chi connectivity index (χ4n) is 2.79. The summed E-state index contributed by atoms with van der Waals surface area (Å²) in [5.41, 5.74) is 5.51. The first kappa shape index (κ1) is 20.0. The number of halogens is 1. The van der Waals surface area contributed by atoms with Crippen molar-refractivity contribution in [2.45, 2.75) is 19.4 Å². The highest BCUT2D eigenvalue weighted by atomic mass is 35.5. The molecule has 1 aliphatic heterocycles. The van der Waals surface area contributed by atoms with E-state index in [2.05, 4.69) is 0 Å². The lowest BCUT2D eigenvalue weighted by Gasteiger charge is -2.21. The van der Waals surface area contributed by atoms with E-state index in [1.54, 1.807) is 4.90 Å². The molecular weight excluding hydrogens is 338 g/mol. The van der Waals surface area contributed by atoms with E-state index in [4.69, 9.17) is 15.2 Å². The standard InChI is InChI=1S/C15H21N3O5.ClH/c1-10-5-11(7-16)8-17(10)15(19)9-23-12-3-4-13(18(20)21)14(6-12)22-2;/h3-4,6,10-11H,5,7-9,16H2,1-2H3;1H. The van der Waals surface area contributed by atoms with Gasteiger partial charge in [-0.15, -0.1) is 12.4 Å². The lowest BCUT2D eigenvalue weighted by Crippen LogP contribution is -2.37. The van der Waals surface area contributed by atoms with Gasteiger partial charge in [-0.2, -0.15) is 0 Å². The molecule has 2 atom stereocenters. The summed E-state index contributed by atoms with van der Waals surface area (Å²) in [7, 11) is 1.34. The van der Waals surface area contributed by atoms with Gasteiger partial charge in [-0.1, -0.05) is 0 Å². The Balaban J connectivity index is 0.00000288. The van der Waals surface area contributed by atoms with E-state index < -0.39 is 4.92 Å². The average Bonchev–Trinajstić information content (AvgIpc) is 2.93. The predicted octanol–water partition coefficient (Wildman–Crippen LogP) is 1.60. The molecule has 0 aliphatic carbocycles. The van der Waals surface area contributed by atoms with E-state index in [0.29, 0.717) is 24.8 Å². The molecule has 1 heterocycles. The van der Waals surface area contributed by atoms with Crippen molar-refractivity contribution in [2.75, 3.05) is 26.8 Å². The number of hydrogen-bond acceptors (Lipinski definition) is 6. The smallest absolute Gasteiger partial charge is 0.311 e. The number of ether oxygens (including phenoxy) is 2. The summed E-state index contributed by atoms with van der Waals surface area (Å²) < 4.78 is 10.4. The van der Waals surface area contributed by atoms with Crippen molar-refractivity contribution >= 4 is 24.0 Å². The minimum atomic E-state index is -0.535. The Hall–Kier alpha value is -2.06. The molecule has 0 spiro atoms. The molecule has 134 valence electrons. The van der Waals surface area contributed by atoms with Gasteiger partial charge in [-0.3, -0.25) is 14.9 Å². The quantitative estimate of drug-likeness (QED) is 0.610. The summed E-state index contributed by atoms with van der Waals surface area (Å²) in [5.74, 6) is 0.653. The third kappa shape index (κ3) is 4.48. The van der Waals surface area contributed by atoms with Crippen LogP contribution in [-0.4, -0.2) is 48.6 Å². The molecule has 2 N–H and O–H groups in total. The number of nitrogens with two attached hydrogens (primary N) is 1. The molecule has 0 bridgehead atoms. The van der Waals surface area contributed by atoms with Crippen LogP contribution in [0.15, 0.2) is 18.2 Å². The Kier molecular flexibility index (Phi) is 7.24. The van der Waals surface area contributed by atoms with Crippen molar-refractivity contribution in [2.24, 2.45) is 11.7 Å². The molecule has 1 amide bonds. The fraction of sp³-hybridized carbons (Fsp3) is 0.533. The van der Waals surface area contributed by atoms with Crippen molar-refractivity contribution in [3.8, 4) is 11.5 Å². The van der Waals surface area contributed by atoms with Gasteiger partial charge in [0.2, 0.25) is 5.75 Å². The molecule has 1 aromatic carbocycles. The molecule has 2 rings (SSSR count). The number of carbonyl (C=O) groups excluding carboxylic acids is 1. The van der Waals surface area contributed by atoms with Crippen LogP contribution in [0.4, 0.5) is 5.69 Å². The first-order valence-electron chi connectivity index (χ1n) is 7.41. The van der Waals surface area contributed by atoms with Crippen LogP contribution in [0.2, 0.25) is 0 Å². The van der Waals surface area contributed by atoms with Crippen molar-refractivity contribution in [3.05, 3.63) is 28.3 Å². The van der Waals surface area contributed by atoms with Gasteiger partial charge in [-0.05, 0) is 31.9 Å². The maximum absolute atomic E-state index is 12.2. The van der Waals surface area contributed by atoms with Crippen LogP contribution in [0.3, 0.4) is 0 Å². The maximum Gasteiger partial charge on any atom is 0.311 e. The van der Waals surface area contributed by atoms with Crippen LogP contribution in [0.25, 0.3) is 0 Å². The molecule has 1 aromatic rings. The van der Waals surface area contributed by atoms with Crippen molar-refractivity contribution in [1.29, 1.82) is 0 Å². The number of nitro benzene ring substituents is 1. The van der Waals surface area contributed by atoms with E-state index in [1.807, 2.05) is 6.92 Å². The zero-order valence-corrected chi connectivity index (χ0v) is 14.5. The third-order valence-corrected chi connectivity index (χ3v) is 4.03. The van der Waals surface area contributed by atoms with E-state index >= 15 is 0 Å². The number of methoxy groups -OCH3 is 1. The Morgan fingerprint density at radius 2 is 2.21 bits per heavy atom. The third-order valence-electron chi connectivity index (χ3n) is 4.03. The van der Waals surface area contributed by atoms with Crippen LogP contribution >= 0.6 is 12.4 Å². The molecule has 1 fully saturated rings. The zero-order valence-electron chi connectivity index (χ0n) is 13.6. The van der Waals surface area contributed by atoms with Gasteiger partial charge in [0.25, 0.3) is 5.91 Å². The molecule has 0 saturated carbocycles. The minimum Gasteiger partial charge on any atom is -0.490 e. The summed E-state index contributed by atoms with van der Waals surface area (Å²) in [6.07, 6.45) is 0.896. The summed E-state index contributed by atoms with van der Waals surface area (Å²) in [5, 5.41) is 10.8. The number of amides is 1. The largest absolute Gasteiger partial charge is 0.490 e. The van der Waals surface area contributed by atoms with Crippen LogP contribution in [-0.2, 0) is 4.79 Å². The highest BCUT2D eigenvalue weighted by Crippen LogP contribution is 2.31. The first-order valence-corrected chi connectivity index (χ1v) is 7.41. The molecule has 1 saturated heterocycles. The van der Waals surface area contributed by atoms with Gasteiger partial charge in [-0.25, -0.2) is 0 Å². The summed E-state index contributed by atoms with van der Waals surface area (Å²) in [6, 6.07) is 4.29. The molecule has 0 aromatic heterocycles. The maximum atomic E-state index is 12.2. The Bertz CT molecular complexity index is 598. The van der Waals surface area contributed by atoms with Crippen LogP contribution in [0, 0.1) is 16.0 Å². The van der Waals surface area contributed by atoms with Gasteiger partial charge < -0.3 is 20.1 Å². The molecule has 1 aliphatic rings. The second-order valence-electron chi connectivity index (χ2n) is 5.61. The molecule has 9 heteroatoms. The van der Waals surface area contributed by atoms with Crippen LogP contribution in [0.1, 0.15) is 13.3 Å². The SMILES string of the molecule is COc1cc(OCC(=O)N2CC(CN)CC2C)ccc1[N+](=O)[O-].Cl. The number of hydrogen-bond donors (Lipinski definition) is 1. The summed E-state index contributed by atoms with van der Waals surface area (Å²) in [6.45, 7) is 3.07. The van der Waals surface area contributed by atoms with Gasteiger partial charge >= 0.3 is 5.69 Å². The molecule has 2 unspecified atom stereocenters. The Morgan fingerprint density at radius 3 is 2.75 bits per heavy atom. The lowest BCUT2D eigenvalue weighted by molar-refractivity contribution is -0.385. The Morgan fingerprint density at radius 1 is 1.50 bits per heavy atom. The zero-order chi connectivity index (χ0) is 17.0. The van der Waals surface area contributed by atoms with Gasteiger partial charge in [0, 0.05) is 24.7 Å². The highest BCUT2D eigenvalue weighted by molar-refractivity contribution is 5.85. The van der Waals surface area contributed by atoms with Crippen LogP contribution < -0.4 is 15.2 Å². The fourth-order valence-corrected chi connectivity index (χ4v) is 2.79. The van der Waals surface area contributed by atoms with E-state index in [-0.39, 0.29) is 42.4 Å². The summed E-state index contributed by atoms with van der Waals surface area (Å²) >= 11 is 0. The topological polar surface area (TPSA) is 108 Å². The average molecular weight is 360 g/mol. The van der Waals surface area contributed by atoms with Crippen molar-refractivity contribution < 1.29 is 19.2 Å². The number of carbonyl (C=O) groups is 1. The molecule has 24 heavy (non-hydrogen) atoms. The van der Waals surface area contributed by atoms with E-state index in [9.17, 15) is 14.9 Å². The van der Waals surface area contributed by atoms with Crippen LogP contribution in [0.5, 0.6) is 11.5 Å². The van der Waals surface area contributed by atoms with E-state index in [1.165, 1.54) is 25.3 Å². The highest BCUT2D eigenvalue weighted by Gasteiger charge is 2.31.